The molecule has 2 aromatic rings. The Labute approximate surface area is 284 Å². The molecule has 264 valence electrons. The van der Waals surface area contributed by atoms with Crippen LogP contribution in [0.2, 0.25) is 0 Å². The summed E-state index contributed by atoms with van der Waals surface area (Å²) in [7, 11) is 0. The van der Waals surface area contributed by atoms with E-state index in [2.05, 4.69) is 21.3 Å². The Balaban J connectivity index is 2.14. The van der Waals surface area contributed by atoms with Crippen LogP contribution in [0.1, 0.15) is 78.4 Å². The van der Waals surface area contributed by atoms with E-state index in [9.17, 15) is 34.2 Å². The van der Waals surface area contributed by atoms with Crippen molar-refractivity contribution in [2.24, 2.45) is 17.8 Å². The first-order chi connectivity index (χ1) is 22.7. The van der Waals surface area contributed by atoms with Crippen LogP contribution in [0, 0.1) is 17.8 Å². The molecule has 0 saturated carbocycles. The number of aliphatic carboxylic acids is 1. The summed E-state index contributed by atoms with van der Waals surface area (Å²) in [6, 6.07) is 15.1. The molecule has 0 aromatic heterocycles. The maximum Gasteiger partial charge on any atom is 0.326 e. The summed E-state index contributed by atoms with van der Waals surface area (Å²) in [5.41, 5.74) is 1.94. The number of aryl methyl sites for hydroxylation is 1. The van der Waals surface area contributed by atoms with Gasteiger partial charge in [0.2, 0.25) is 23.6 Å². The molecule has 0 spiro atoms. The number of carbonyl (C=O) groups is 5. The lowest BCUT2D eigenvalue weighted by Crippen LogP contribution is -2.57. The topological polar surface area (TPSA) is 174 Å². The van der Waals surface area contributed by atoms with Crippen LogP contribution in [0.5, 0.6) is 0 Å². The van der Waals surface area contributed by atoms with Crippen molar-refractivity contribution in [3.05, 3.63) is 71.8 Å². The Bertz CT molecular complexity index is 1320. The summed E-state index contributed by atoms with van der Waals surface area (Å²) in [5, 5.41) is 31.8. The molecule has 0 aliphatic rings. The van der Waals surface area contributed by atoms with Gasteiger partial charge in [0.15, 0.2) is 0 Å². The van der Waals surface area contributed by atoms with Gasteiger partial charge in [0.05, 0.1) is 18.6 Å². The third-order valence-electron chi connectivity index (χ3n) is 8.51. The maximum absolute atomic E-state index is 13.6. The zero-order chi connectivity index (χ0) is 35.8. The van der Waals surface area contributed by atoms with Crippen LogP contribution in [0.4, 0.5) is 0 Å². The van der Waals surface area contributed by atoms with E-state index in [0.29, 0.717) is 12.8 Å². The van der Waals surface area contributed by atoms with E-state index >= 15 is 0 Å². The monoisotopic (exact) mass is 666 g/mol. The fraction of sp³-hybridized carbons (Fsp3) is 0.541. The van der Waals surface area contributed by atoms with Crippen molar-refractivity contribution < 1.29 is 34.2 Å². The van der Waals surface area contributed by atoms with Gasteiger partial charge in [-0.25, -0.2) is 4.79 Å². The Morgan fingerprint density at radius 3 is 1.71 bits per heavy atom. The fourth-order valence-corrected chi connectivity index (χ4v) is 5.33. The lowest BCUT2D eigenvalue weighted by Gasteiger charge is -2.30. The number of rotatable bonds is 20. The molecule has 2 aromatic carbocycles. The first-order valence-corrected chi connectivity index (χ1v) is 16.9. The molecule has 6 atom stereocenters. The van der Waals surface area contributed by atoms with E-state index in [0.717, 1.165) is 17.5 Å². The SMILES string of the molecule is CC[C@H](C)[C@H](NC(=O)C[C@H](O)[C@H](Cc1ccccc1)NC(=O)[C@@H](NC(=O)CCCc1ccccc1)C(C)C)C(=O)N[C@H](C(=O)O)C(C)C. The Morgan fingerprint density at radius 1 is 0.667 bits per heavy atom. The van der Waals surface area contributed by atoms with E-state index in [4.69, 9.17) is 0 Å². The highest BCUT2D eigenvalue weighted by Crippen LogP contribution is 2.14. The first-order valence-electron chi connectivity index (χ1n) is 16.9. The van der Waals surface area contributed by atoms with Crippen molar-refractivity contribution in [1.82, 2.24) is 21.3 Å². The summed E-state index contributed by atoms with van der Waals surface area (Å²) in [6.07, 6.45) is 0.572. The van der Waals surface area contributed by atoms with E-state index in [1.54, 1.807) is 20.8 Å². The zero-order valence-corrected chi connectivity index (χ0v) is 29.1. The second-order valence-corrected chi connectivity index (χ2v) is 13.2. The normalized spacial score (nSPS) is 15.0. The molecule has 0 aliphatic carbocycles. The van der Waals surface area contributed by atoms with Crippen molar-refractivity contribution in [2.75, 3.05) is 0 Å². The smallest absolute Gasteiger partial charge is 0.326 e. The number of carboxylic acid groups (broad SMARTS) is 1. The number of hydrogen-bond acceptors (Lipinski definition) is 6. The van der Waals surface area contributed by atoms with Gasteiger partial charge in [-0.1, -0.05) is 109 Å². The van der Waals surface area contributed by atoms with Crippen LogP contribution in [0.3, 0.4) is 0 Å². The maximum atomic E-state index is 13.6. The summed E-state index contributed by atoms with van der Waals surface area (Å²) < 4.78 is 0. The van der Waals surface area contributed by atoms with E-state index in [1.165, 1.54) is 0 Å². The molecular formula is C37H54N4O7. The first kappa shape index (κ1) is 39.9. The van der Waals surface area contributed by atoms with Crippen LogP contribution in [0.15, 0.2) is 60.7 Å². The number of benzene rings is 2. The molecule has 11 nitrogen and oxygen atoms in total. The largest absolute Gasteiger partial charge is 0.480 e. The minimum absolute atomic E-state index is 0.209. The number of carbonyl (C=O) groups excluding carboxylic acids is 4. The van der Waals surface area contributed by atoms with Gasteiger partial charge in [0.1, 0.15) is 18.1 Å². The van der Waals surface area contributed by atoms with Gasteiger partial charge in [0.25, 0.3) is 0 Å². The van der Waals surface area contributed by atoms with Crippen LogP contribution >= 0.6 is 0 Å². The highest BCUT2D eigenvalue weighted by Gasteiger charge is 2.33. The molecule has 0 saturated heterocycles. The lowest BCUT2D eigenvalue weighted by molar-refractivity contribution is -0.143. The average molecular weight is 667 g/mol. The number of aliphatic hydroxyl groups excluding tert-OH is 1. The van der Waals surface area contributed by atoms with Crippen LogP contribution in [-0.2, 0) is 36.8 Å². The molecule has 0 radical (unpaired) electrons. The molecule has 0 unspecified atom stereocenters. The molecule has 0 fully saturated rings. The Kier molecular flexibility index (Phi) is 16.8. The zero-order valence-electron chi connectivity index (χ0n) is 29.1. The highest BCUT2D eigenvalue weighted by molar-refractivity contribution is 5.91. The van der Waals surface area contributed by atoms with Crippen LogP contribution in [0.25, 0.3) is 0 Å². The van der Waals surface area contributed by atoms with E-state index in [1.807, 2.05) is 81.4 Å². The summed E-state index contributed by atoms with van der Waals surface area (Å²) >= 11 is 0. The van der Waals surface area contributed by atoms with Gasteiger partial charge in [0, 0.05) is 6.42 Å². The summed E-state index contributed by atoms with van der Waals surface area (Å²) in [5.74, 6) is -4.11. The summed E-state index contributed by atoms with van der Waals surface area (Å²) in [6.45, 7) is 10.6. The second-order valence-electron chi connectivity index (χ2n) is 13.2. The standard InChI is InChI=1S/C37H54N4O7/c1-7-25(6)34(36(46)41-33(24(4)5)37(47)48)40-31(44)22-29(42)28(21-27-17-12-9-13-18-27)38-35(45)32(23(2)3)39-30(43)20-14-19-26-15-10-8-11-16-26/h8-13,15-18,23-25,28-29,32-34,42H,7,14,19-22H2,1-6H3,(H,38,45)(H,39,43)(H,40,44)(H,41,46)(H,47,48)/t25-,28-,29-,32-,33-,34-/m0/s1. The Morgan fingerprint density at radius 2 is 1.19 bits per heavy atom. The molecule has 0 bridgehead atoms. The fourth-order valence-electron chi connectivity index (χ4n) is 5.33. The van der Waals surface area contributed by atoms with Crippen molar-refractivity contribution in [3.63, 3.8) is 0 Å². The van der Waals surface area contributed by atoms with Crippen molar-refractivity contribution in [2.45, 2.75) is 110 Å². The quantitative estimate of drug-likeness (QED) is 0.126. The van der Waals surface area contributed by atoms with Crippen LogP contribution in [-0.4, -0.2) is 70.1 Å². The van der Waals surface area contributed by atoms with Crippen molar-refractivity contribution >= 4 is 29.6 Å². The van der Waals surface area contributed by atoms with Gasteiger partial charge in [-0.15, -0.1) is 0 Å². The number of aliphatic hydroxyl groups is 1. The van der Waals surface area contributed by atoms with Gasteiger partial charge < -0.3 is 31.5 Å². The lowest BCUT2D eigenvalue weighted by atomic mass is 9.95. The van der Waals surface area contributed by atoms with Crippen molar-refractivity contribution in [3.8, 4) is 0 Å². The van der Waals surface area contributed by atoms with E-state index < -0.39 is 60.4 Å². The summed E-state index contributed by atoms with van der Waals surface area (Å²) in [4.78, 5) is 64.4. The number of hydrogen-bond donors (Lipinski definition) is 6. The molecule has 11 heteroatoms. The number of carboxylic acids is 1. The van der Waals surface area contributed by atoms with Gasteiger partial charge in [-0.3, -0.25) is 19.2 Å². The molecule has 48 heavy (non-hydrogen) atoms. The minimum Gasteiger partial charge on any atom is -0.480 e. The molecule has 4 amide bonds. The molecule has 6 N–H and O–H groups in total. The average Bonchev–Trinajstić information content (AvgIpc) is 3.04. The van der Waals surface area contributed by atoms with Gasteiger partial charge in [-0.05, 0) is 48.1 Å². The van der Waals surface area contributed by atoms with Gasteiger partial charge >= 0.3 is 5.97 Å². The third-order valence-corrected chi connectivity index (χ3v) is 8.51. The predicted octanol–water partition coefficient (Wildman–Crippen LogP) is 3.38. The molecule has 0 aliphatic heterocycles. The van der Waals surface area contributed by atoms with Crippen LogP contribution < -0.4 is 21.3 Å². The number of amides is 4. The van der Waals surface area contributed by atoms with E-state index in [-0.39, 0.29) is 36.5 Å². The predicted molar refractivity (Wildman–Crippen MR) is 185 cm³/mol. The minimum atomic E-state index is -1.34. The molecule has 0 heterocycles. The number of nitrogens with one attached hydrogen (secondary N) is 4. The molecular weight excluding hydrogens is 612 g/mol. The Hall–Kier alpha value is -4.25. The second kappa shape index (κ2) is 20.2. The van der Waals surface area contributed by atoms with Gasteiger partial charge in [-0.2, -0.15) is 0 Å². The molecule has 2 rings (SSSR count). The third kappa shape index (κ3) is 13.5. The highest BCUT2D eigenvalue weighted by atomic mass is 16.4. The van der Waals surface area contributed by atoms with Crippen molar-refractivity contribution in [1.29, 1.82) is 0 Å².